The Morgan fingerprint density at radius 1 is 1.35 bits per heavy atom. The molecular formula is C17H21N3O2S. The second-order valence-corrected chi connectivity index (χ2v) is 6.78. The van der Waals surface area contributed by atoms with Gasteiger partial charge in [0.15, 0.2) is 4.77 Å². The third-order valence-corrected chi connectivity index (χ3v) is 5.17. The number of amides is 1. The van der Waals surface area contributed by atoms with Gasteiger partial charge in [-0.1, -0.05) is 19.8 Å². The van der Waals surface area contributed by atoms with Gasteiger partial charge in [0.25, 0.3) is 11.5 Å². The van der Waals surface area contributed by atoms with Crippen LogP contribution in [-0.4, -0.2) is 21.5 Å². The minimum Gasteiger partial charge on any atom is -0.349 e. The van der Waals surface area contributed by atoms with Crippen molar-refractivity contribution < 1.29 is 4.79 Å². The molecule has 0 bridgehead atoms. The Labute approximate surface area is 139 Å². The van der Waals surface area contributed by atoms with E-state index in [0.29, 0.717) is 27.2 Å². The van der Waals surface area contributed by atoms with Crippen LogP contribution in [0.15, 0.2) is 23.0 Å². The van der Waals surface area contributed by atoms with Crippen LogP contribution >= 0.6 is 12.2 Å². The molecule has 0 spiro atoms. The van der Waals surface area contributed by atoms with E-state index in [2.05, 4.69) is 17.2 Å². The lowest BCUT2D eigenvalue weighted by Gasteiger charge is -2.29. The van der Waals surface area contributed by atoms with E-state index in [-0.39, 0.29) is 17.5 Å². The van der Waals surface area contributed by atoms with Gasteiger partial charge in [-0.15, -0.1) is 0 Å². The summed E-state index contributed by atoms with van der Waals surface area (Å²) >= 11 is 5.13. The Morgan fingerprint density at radius 3 is 2.83 bits per heavy atom. The van der Waals surface area contributed by atoms with Crippen molar-refractivity contribution in [3.8, 4) is 0 Å². The van der Waals surface area contributed by atoms with E-state index < -0.39 is 0 Å². The molecule has 0 radical (unpaired) electrons. The summed E-state index contributed by atoms with van der Waals surface area (Å²) in [5.74, 6) is 0.414. The van der Waals surface area contributed by atoms with Crippen LogP contribution in [0, 0.1) is 10.7 Å². The van der Waals surface area contributed by atoms with Gasteiger partial charge in [-0.05, 0) is 49.2 Å². The molecular weight excluding hydrogens is 310 g/mol. The number of aromatic amines is 1. The Hall–Kier alpha value is -1.95. The number of benzene rings is 1. The van der Waals surface area contributed by atoms with Crippen molar-refractivity contribution in [2.45, 2.75) is 38.6 Å². The molecule has 2 unspecified atom stereocenters. The van der Waals surface area contributed by atoms with Gasteiger partial charge in [0.2, 0.25) is 0 Å². The fraction of sp³-hybridized carbons (Fsp3) is 0.471. The molecule has 1 aromatic carbocycles. The highest BCUT2D eigenvalue weighted by Crippen LogP contribution is 2.24. The summed E-state index contributed by atoms with van der Waals surface area (Å²) in [6.07, 6.45) is 4.59. The number of carbonyl (C=O) groups is 1. The normalized spacial score (nSPS) is 21.3. The SMILES string of the molecule is CC1CCCCC1NC(=O)c1ccc2c(=O)n(C)c(=S)[nH]c2c1. The average molecular weight is 331 g/mol. The molecule has 1 aliphatic rings. The van der Waals surface area contributed by atoms with E-state index in [9.17, 15) is 9.59 Å². The Balaban J connectivity index is 1.91. The largest absolute Gasteiger partial charge is 0.349 e. The fourth-order valence-electron chi connectivity index (χ4n) is 3.23. The molecule has 3 rings (SSSR count). The number of hydrogen-bond donors (Lipinski definition) is 2. The van der Waals surface area contributed by atoms with E-state index in [4.69, 9.17) is 12.2 Å². The highest BCUT2D eigenvalue weighted by atomic mass is 32.1. The van der Waals surface area contributed by atoms with Gasteiger partial charge in [-0.3, -0.25) is 14.2 Å². The predicted octanol–water partition coefficient (Wildman–Crippen LogP) is 2.90. The Kier molecular flexibility index (Phi) is 4.35. The second kappa shape index (κ2) is 6.28. The molecule has 2 aromatic rings. The second-order valence-electron chi connectivity index (χ2n) is 6.40. The smallest absolute Gasteiger partial charge is 0.261 e. The molecule has 0 aliphatic heterocycles. The van der Waals surface area contributed by atoms with Crippen LogP contribution in [-0.2, 0) is 7.05 Å². The van der Waals surface area contributed by atoms with Crippen molar-refractivity contribution in [1.29, 1.82) is 0 Å². The summed E-state index contributed by atoms with van der Waals surface area (Å²) in [5, 5.41) is 3.66. The van der Waals surface area contributed by atoms with Gasteiger partial charge in [-0.25, -0.2) is 0 Å². The van der Waals surface area contributed by atoms with Gasteiger partial charge in [-0.2, -0.15) is 0 Å². The van der Waals surface area contributed by atoms with Crippen molar-refractivity contribution in [2.75, 3.05) is 0 Å². The van der Waals surface area contributed by atoms with Gasteiger partial charge < -0.3 is 10.3 Å². The zero-order chi connectivity index (χ0) is 16.6. The molecule has 6 heteroatoms. The predicted molar refractivity (Wildman–Crippen MR) is 93.3 cm³/mol. The molecule has 2 atom stereocenters. The maximum atomic E-state index is 12.5. The standard InChI is InChI=1S/C17H21N3O2S/c1-10-5-3-4-6-13(10)18-15(21)11-7-8-12-14(9-11)19-17(23)20(2)16(12)22/h7-10,13H,3-6H2,1-2H3,(H,18,21)(H,19,23). The first kappa shape index (κ1) is 15.9. The number of H-pyrrole nitrogens is 1. The number of fused-ring (bicyclic) bond motifs is 1. The zero-order valence-corrected chi connectivity index (χ0v) is 14.2. The monoisotopic (exact) mass is 331 g/mol. The van der Waals surface area contributed by atoms with E-state index in [1.165, 1.54) is 11.0 Å². The topological polar surface area (TPSA) is 66.9 Å². The molecule has 1 amide bonds. The Morgan fingerprint density at radius 2 is 2.09 bits per heavy atom. The first-order chi connectivity index (χ1) is 11.0. The van der Waals surface area contributed by atoms with E-state index >= 15 is 0 Å². The molecule has 0 saturated heterocycles. The number of hydrogen-bond acceptors (Lipinski definition) is 3. The summed E-state index contributed by atoms with van der Waals surface area (Å²) in [7, 11) is 1.63. The summed E-state index contributed by atoms with van der Waals surface area (Å²) in [5.41, 5.74) is 0.994. The molecule has 1 fully saturated rings. The maximum Gasteiger partial charge on any atom is 0.261 e. The van der Waals surface area contributed by atoms with Crippen LogP contribution in [0.25, 0.3) is 10.9 Å². The van der Waals surface area contributed by atoms with E-state index in [1.807, 2.05) is 0 Å². The van der Waals surface area contributed by atoms with Gasteiger partial charge >= 0.3 is 0 Å². The minimum atomic E-state index is -0.156. The first-order valence-electron chi connectivity index (χ1n) is 8.01. The lowest BCUT2D eigenvalue weighted by Crippen LogP contribution is -2.41. The quantitative estimate of drug-likeness (QED) is 0.832. The molecule has 1 aliphatic carbocycles. The fourth-order valence-corrected chi connectivity index (χ4v) is 3.42. The molecule has 5 nitrogen and oxygen atoms in total. The number of nitrogens with zero attached hydrogens (tertiary/aromatic N) is 1. The Bertz CT molecular complexity index is 868. The van der Waals surface area contributed by atoms with Crippen LogP contribution in [0.5, 0.6) is 0 Å². The third kappa shape index (κ3) is 3.08. The number of carbonyl (C=O) groups excluding carboxylic acids is 1. The van der Waals surface area contributed by atoms with Crippen molar-refractivity contribution in [2.24, 2.45) is 13.0 Å². The summed E-state index contributed by atoms with van der Waals surface area (Å²) in [6.45, 7) is 2.19. The number of rotatable bonds is 2. The summed E-state index contributed by atoms with van der Waals surface area (Å²) in [4.78, 5) is 27.7. The van der Waals surface area contributed by atoms with E-state index in [1.54, 1.807) is 25.2 Å². The lowest BCUT2D eigenvalue weighted by molar-refractivity contribution is 0.0910. The minimum absolute atomic E-state index is 0.0920. The molecule has 1 heterocycles. The van der Waals surface area contributed by atoms with Gasteiger partial charge in [0, 0.05) is 18.7 Å². The third-order valence-electron chi connectivity index (χ3n) is 4.79. The van der Waals surface area contributed by atoms with Crippen LogP contribution in [0.4, 0.5) is 0 Å². The number of nitrogens with one attached hydrogen (secondary N) is 2. The van der Waals surface area contributed by atoms with Crippen LogP contribution in [0.1, 0.15) is 43.0 Å². The molecule has 23 heavy (non-hydrogen) atoms. The zero-order valence-electron chi connectivity index (χ0n) is 13.4. The van der Waals surface area contributed by atoms with Gasteiger partial charge in [0.05, 0.1) is 10.9 Å². The lowest BCUT2D eigenvalue weighted by atomic mass is 9.86. The molecule has 1 saturated carbocycles. The number of aromatic nitrogens is 2. The molecule has 1 aromatic heterocycles. The van der Waals surface area contributed by atoms with E-state index in [0.717, 1.165) is 19.3 Å². The molecule has 122 valence electrons. The van der Waals surface area contributed by atoms with Crippen molar-refractivity contribution in [3.63, 3.8) is 0 Å². The van der Waals surface area contributed by atoms with Gasteiger partial charge in [0.1, 0.15) is 0 Å². The van der Waals surface area contributed by atoms with Crippen molar-refractivity contribution in [1.82, 2.24) is 14.9 Å². The first-order valence-corrected chi connectivity index (χ1v) is 8.42. The summed E-state index contributed by atoms with van der Waals surface area (Å²) in [6, 6.07) is 5.31. The van der Waals surface area contributed by atoms with Crippen LogP contribution in [0.3, 0.4) is 0 Å². The summed E-state index contributed by atoms with van der Waals surface area (Å²) < 4.78 is 1.74. The van der Waals surface area contributed by atoms with Crippen molar-refractivity contribution in [3.05, 3.63) is 38.9 Å². The van der Waals surface area contributed by atoms with Crippen LogP contribution < -0.4 is 10.9 Å². The average Bonchev–Trinajstić information content (AvgIpc) is 2.54. The maximum absolute atomic E-state index is 12.5. The molecule has 2 N–H and O–H groups in total. The highest BCUT2D eigenvalue weighted by molar-refractivity contribution is 7.71. The van der Waals surface area contributed by atoms with Crippen molar-refractivity contribution >= 4 is 29.0 Å². The van der Waals surface area contributed by atoms with Crippen LogP contribution in [0.2, 0.25) is 0 Å². The highest BCUT2D eigenvalue weighted by Gasteiger charge is 2.23.